The summed E-state index contributed by atoms with van der Waals surface area (Å²) < 4.78 is 0. The lowest BCUT2D eigenvalue weighted by molar-refractivity contribution is -0.117. The van der Waals surface area contributed by atoms with E-state index in [4.69, 9.17) is 0 Å². The molecule has 2 heterocycles. The maximum Gasteiger partial charge on any atom is 0.244 e. The first kappa shape index (κ1) is 21.6. The van der Waals surface area contributed by atoms with E-state index >= 15 is 0 Å². The normalized spacial score (nSPS) is 15.1. The number of hydrogen-bond acceptors (Lipinski definition) is 4. The first-order valence-electron chi connectivity index (χ1n) is 11.1. The standard InChI is InChI=1S/C27H30N4O/c1-21-7-5-8-23(19-21)12-13-27(32)29-22(2)24-9-6-10-25(20-24)30-15-17-31(18-16-30)26-11-3-4-14-28-26/h3-14,19-20,22H,15-18H2,1-2H3,(H,29,32)/b13-12+/t22-/m0/s1. The molecule has 0 unspecified atom stereocenters. The second kappa shape index (κ2) is 10.1. The number of rotatable bonds is 6. The average Bonchev–Trinajstić information content (AvgIpc) is 2.83. The molecule has 0 bridgehead atoms. The van der Waals surface area contributed by atoms with E-state index in [0.717, 1.165) is 43.1 Å². The summed E-state index contributed by atoms with van der Waals surface area (Å²) in [6.07, 6.45) is 5.30. The molecule has 3 aromatic rings. The summed E-state index contributed by atoms with van der Waals surface area (Å²) in [5.41, 5.74) is 4.50. The van der Waals surface area contributed by atoms with E-state index in [1.54, 1.807) is 6.08 Å². The number of nitrogens with zero attached hydrogens (tertiary/aromatic N) is 3. The molecule has 0 spiro atoms. The van der Waals surface area contributed by atoms with E-state index in [2.05, 4.69) is 56.5 Å². The fourth-order valence-electron chi connectivity index (χ4n) is 4.02. The third-order valence-electron chi connectivity index (χ3n) is 5.82. The molecule has 164 valence electrons. The van der Waals surface area contributed by atoms with E-state index in [1.807, 2.05) is 56.5 Å². The Morgan fingerprint density at radius 1 is 0.969 bits per heavy atom. The van der Waals surface area contributed by atoms with Gasteiger partial charge in [0.2, 0.25) is 5.91 Å². The van der Waals surface area contributed by atoms with Crippen molar-refractivity contribution in [3.63, 3.8) is 0 Å². The Balaban J connectivity index is 1.34. The summed E-state index contributed by atoms with van der Waals surface area (Å²) in [4.78, 5) is 21.6. The van der Waals surface area contributed by atoms with Crippen LogP contribution in [0.2, 0.25) is 0 Å². The fraction of sp³-hybridized carbons (Fsp3) is 0.259. The van der Waals surface area contributed by atoms with Gasteiger partial charge in [0.05, 0.1) is 6.04 Å². The molecule has 0 aliphatic carbocycles. The van der Waals surface area contributed by atoms with Gasteiger partial charge in [-0.2, -0.15) is 0 Å². The Labute approximate surface area is 190 Å². The smallest absolute Gasteiger partial charge is 0.244 e. The van der Waals surface area contributed by atoms with Crippen molar-refractivity contribution >= 4 is 23.5 Å². The number of pyridine rings is 1. The molecule has 5 heteroatoms. The van der Waals surface area contributed by atoms with Crippen LogP contribution in [0.15, 0.2) is 79.0 Å². The minimum Gasteiger partial charge on any atom is -0.368 e. The first-order valence-corrected chi connectivity index (χ1v) is 11.1. The maximum absolute atomic E-state index is 12.4. The number of piperazine rings is 1. The van der Waals surface area contributed by atoms with Crippen LogP contribution in [0.25, 0.3) is 6.08 Å². The van der Waals surface area contributed by atoms with E-state index in [9.17, 15) is 4.79 Å². The van der Waals surface area contributed by atoms with Gasteiger partial charge >= 0.3 is 0 Å². The Bertz CT molecular complexity index is 1070. The zero-order valence-electron chi connectivity index (χ0n) is 18.7. The maximum atomic E-state index is 12.4. The molecule has 2 aromatic carbocycles. The zero-order valence-corrected chi connectivity index (χ0v) is 18.7. The Morgan fingerprint density at radius 3 is 2.50 bits per heavy atom. The molecule has 1 N–H and O–H groups in total. The van der Waals surface area contributed by atoms with Crippen LogP contribution in [0.5, 0.6) is 0 Å². The Kier molecular flexibility index (Phi) is 6.85. The molecule has 1 aromatic heterocycles. The predicted octanol–water partition coefficient (Wildman–Crippen LogP) is 4.61. The minimum atomic E-state index is -0.0895. The van der Waals surface area contributed by atoms with E-state index in [-0.39, 0.29) is 11.9 Å². The summed E-state index contributed by atoms with van der Waals surface area (Å²) in [7, 11) is 0. The van der Waals surface area contributed by atoms with Crippen LogP contribution in [0, 0.1) is 6.92 Å². The molecule has 32 heavy (non-hydrogen) atoms. The van der Waals surface area contributed by atoms with Crippen molar-refractivity contribution < 1.29 is 4.79 Å². The van der Waals surface area contributed by atoms with Crippen LogP contribution in [0.4, 0.5) is 11.5 Å². The van der Waals surface area contributed by atoms with Gasteiger partial charge in [0.15, 0.2) is 0 Å². The lowest BCUT2D eigenvalue weighted by Crippen LogP contribution is -2.46. The number of carbonyl (C=O) groups is 1. The lowest BCUT2D eigenvalue weighted by Gasteiger charge is -2.37. The molecule has 0 saturated carbocycles. The highest BCUT2D eigenvalue weighted by molar-refractivity contribution is 5.92. The molecule has 1 atom stereocenters. The predicted molar refractivity (Wildman–Crippen MR) is 132 cm³/mol. The fourth-order valence-corrected chi connectivity index (χ4v) is 4.02. The number of benzene rings is 2. The number of carbonyl (C=O) groups excluding carboxylic acids is 1. The molecular formula is C27H30N4O. The molecule has 1 amide bonds. The molecule has 1 aliphatic heterocycles. The van der Waals surface area contributed by atoms with Crippen molar-refractivity contribution in [3.05, 3.63) is 95.7 Å². The number of hydrogen-bond donors (Lipinski definition) is 1. The Morgan fingerprint density at radius 2 is 1.75 bits per heavy atom. The number of aryl methyl sites for hydroxylation is 1. The van der Waals surface area contributed by atoms with Gasteiger partial charge in [-0.1, -0.05) is 48.0 Å². The van der Waals surface area contributed by atoms with E-state index in [0.29, 0.717) is 0 Å². The molecule has 1 fully saturated rings. The van der Waals surface area contributed by atoms with Crippen LogP contribution in [0.3, 0.4) is 0 Å². The van der Waals surface area contributed by atoms with Gasteiger partial charge in [-0.3, -0.25) is 4.79 Å². The molecular weight excluding hydrogens is 396 g/mol. The summed E-state index contributed by atoms with van der Waals surface area (Å²) in [6, 6.07) is 22.5. The monoisotopic (exact) mass is 426 g/mol. The van der Waals surface area contributed by atoms with Gasteiger partial charge in [-0.25, -0.2) is 4.98 Å². The van der Waals surface area contributed by atoms with Crippen molar-refractivity contribution in [2.75, 3.05) is 36.0 Å². The Hall–Kier alpha value is -3.60. The second-order valence-corrected chi connectivity index (χ2v) is 8.23. The quantitative estimate of drug-likeness (QED) is 0.585. The minimum absolute atomic E-state index is 0.0700. The largest absolute Gasteiger partial charge is 0.368 e. The van der Waals surface area contributed by atoms with Gasteiger partial charge in [-0.05, 0) is 55.3 Å². The second-order valence-electron chi connectivity index (χ2n) is 8.23. The molecule has 1 saturated heterocycles. The molecule has 4 rings (SSSR count). The van der Waals surface area contributed by atoms with E-state index in [1.165, 1.54) is 11.3 Å². The summed E-state index contributed by atoms with van der Waals surface area (Å²) >= 11 is 0. The molecule has 0 radical (unpaired) electrons. The first-order chi connectivity index (χ1) is 15.6. The summed E-state index contributed by atoms with van der Waals surface area (Å²) in [5.74, 6) is 0.948. The van der Waals surface area contributed by atoms with Crippen molar-refractivity contribution in [2.45, 2.75) is 19.9 Å². The van der Waals surface area contributed by atoms with E-state index < -0.39 is 0 Å². The van der Waals surface area contributed by atoms with Crippen LogP contribution in [0.1, 0.15) is 29.7 Å². The topological polar surface area (TPSA) is 48.5 Å². The van der Waals surface area contributed by atoms with Crippen molar-refractivity contribution in [3.8, 4) is 0 Å². The van der Waals surface area contributed by atoms with Gasteiger partial charge in [0.1, 0.15) is 5.82 Å². The zero-order chi connectivity index (χ0) is 22.3. The number of anilines is 2. The highest BCUT2D eigenvalue weighted by Gasteiger charge is 2.19. The van der Waals surface area contributed by atoms with Crippen molar-refractivity contribution in [1.29, 1.82) is 0 Å². The van der Waals surface area contributed by atoms with Gasteiger partial charge in [0.25, 0.3) is 0 Å². The van der Waals surface area contributed by atoms with Gasteiger partial charge in [-0.15, -0.1) is 0 Å². The molecule has 5 nitrogen and oxygen atoms in total. The number of aromatic nitrogens is 1. The van der Waals surface area contributed by atoms with Crippen LogP contribution >= 0.6 is 0 Å². The SMILES string of the molecule is Cc1cccc(/C=C/C(=O)N[C@@H](C)c2cccc(N3CCN(c4ccccn4)CC3)c2)c1. The van der Waals surface area contributed by atoms with Crippen LogP contribution < -0.4 is 15.1 Å². The number of amides is 1. The third kappa shape index (κ3) is 5.55. The van der Waals surface area contributed by atoms with Crippen LogP contribution in [-0.2, 0) is 4.79 Å². The summed E-state index contributed by atoms with van der Waals surface area (Å²) in [6.45, 7) is 7.84. The van der Waals surface area contributed by atoms with Crippen LogP contribution in [-0.4, -0.2) is 37.1 Å². The summed E-state index contributed by atoms with van der Waals surface area (Å²) in [5, 5.41) is 3.08. The molecule has 1 aliphatic rings. The third-order valence-corrected chi connectivity index (χ3v) is 5.82. The van der Waals surface area contributed by atoms with Gasteiger partial charge < -0.3 is 15.1 Å². The highest BCUT2D eigenvalue weighted by atomic mass is 16.1. The number of nitrogens with one attached hydrogen (secondary N) is 1. The average molecular weight is 427 g/mol. The van der Waals surface area contributed by atoms with Crippen molar-refractivity contribution in [2.24, 2.45) is 0 Å². The lowest BCUT2D eigenvalue weighted by atomic mass is 10.1. The van der Waals surface area contributed by atoms with Crippen molar-refractivity contribution in [1.82, 2.24) is 10.3 Å². The highest BCUT2D eigenvalue weighted by Crippen LogP contribution is 2.23. The van der Waals surface area contributed by atoms with Gasteiger partial charge in [0, 0.05) is 44.1 Å².